The molecule has 0 aromatic heterocycles. The van der Waals surface area contributed by atoms with Gasteiger partial charge in [-0.3, -0.25) is 4.79 Å². The van der Waals surface area contributed by atoms with E-state index in [2.05, 4.69) is 5.32 Å². The topological polar surface area (TPSA) is 41.6 Å². The van der Waals surface area contributed by atoms with Gasteiger partial charge in [-0.1, -0.05) is 0 Å². The quantitative estimate of drug-likeness (QED) is 0.878. The molecule has 1 aromatic rings. The number of nitrogens with zero attached hydrogens (tertiary/aromatic N) is 1. The van der Waals surface area contributed by atoms with Crippen molar-refractivity contribution in [1.82, 2.24) is 10.2 Å². The Bertz CT molecular complexity index is 403. The first-order valence-electron chi connectivity index (χ1n) is 6.36. The number of carbonyl (C=O) groups excluding carboxylic acids is 1. The summed E-state index contributed by atoms with van der Waals surface area (Å²) in [7, 11) is 3.55. The molecule has 4 heteroatoms. The summed E-state index contributed by atoms with van der Waals surface area (Å²) < 4.78 is 5.10. The van der Waals surface area contributed by atoms with Gasteiger partial charge in [-0.2, -0.15) is 0 Å². The van der Waals surface area contributed by atoms with Crippen LogP contribution in [0, 0.1) is 0 Å². The maximum Gasteiger partial charge on any atom is 0.254 e. The molecule has 18 heavy (non-hydrogen) atoms. The molecular weight excluding hydrogens is 228 g/mol. The van der Waals surface area contributed by atoms with E-state index in [-0.39, 0.29) is 5.91 Å². The fourth-order valence-electron chi connectivity index (χ4n) is 2.45. The van der Waals surface area contributed by atoms with E-state index in [1.165, 1.54) is 0 Å². The second-order valence-electron chi connectivity index (χ2n) is 4.58. The normalized spacial score (nSPS) is 19.0. The molecule has 98 valence electrons. The van der Waals surface area contributed by atoms with E-state index in [0.717, 1.165) is 37.2 Å². The predicted octanol–water partition coefficient (Wildman–Crippen LogP) is 1.52. The smallest absolute Gasteiger partial charge is 0.254 e. The lowest BCUT2D eigenvalue weighted by Gasteiger charge is -2.24. The van der Waals surface area contributed by atoms with Crippen LogP contribution in [0.1, 0.15) is 23.2 Å². The minimum absolute atomic E-state index is 0.121. The molecule has 2 rings (SSSR count). The highest BCUT2D eigenvalue weighted by atomic mass is 16.5. The number of hydrogen-bond acceptors (Lipinski definition) is 3. The summed E-state index contributed by atoms with van der Waals surface area (Å²) in [5.74, 6) is 0.898. The number of benzene rings is 1. The monoisotopic (exact) mass is 248 g/mol. The Morgan fingerprint density at radius 1 is 1.44 bits per heavy atom. The van der Waals surface area contributed by atoms with E-state index >= 15 is 0 Å². The molecule has 1 heterocycles. The summed E-state index contributed by atoms with van der Waals surface area (Å²) in [6, 6.07) is 7.64. The standard InChI is InChI=1S/C14H20N2O2/c1-15-10-12-4-3-9-16(12)14(17)11-5-7-13(18-2)8-6-11/h5-8,12,15H,3-4,9-10H2,1-2H3. The van der Waals surface area contributed by atoms with Crippen LogP contribution < -0.4 is 10.1 Å². The Morgan fingerprint density at radius 2 is 2.17 bits per heavy atom. The number of nitrogens with one attached hydrogen (secondary N) is 1. The van der Waals surface area contributed by atoms with Crippen LogP contribution in [-0.2, 0) is 0 Å². The lowest BCUT2D eigenvalue weighted by molar-refractivity contribution is 0.0737. The summed E-state index contributed by atoms with van der Waals surface area (Å²) in [6.07, 6.45) is 2.18. The van der Waals surface area contributed by atoms with E-state index in [9.17, 15) is 4.79 Å². The lowest BCUT2D eigenvalue weighted by atomic mass is 10.1. The third kappa shape index (κ3) is 2.64. The van der Waals surface area contributed by atoms with E-state index < -0.39 is 0 Å². The number of methoxy groups -OCH3 is 1. The molecule has 0 radical (unpaired) electrons. The second kappa shape index (κ2) is 5.87. The average molecular weight is 248 g/mol. The lowest BCUT2D eigenvalue weighted by Crippen LogP contribution is -2.40. The Hall–Kier alpha value is -1.55. The largest absolute Gasteiger partial charge is 0.497 e. The molecule has 1 aromatic carbocycles. The second-order valence-corrected chi connectivity index (χ2v) is 4.58. The fourth-order valence-corrected chi connectivity index (χ4v) is 2.45. The number of likely N-dealkylation sites (N-methyl/N-ethyl adjacent to an activating group) is 1. The first-order valence-corrected chi connectivity index (χ1v) is 6.36. The molecule has 1 atom stereocenters. The maximum absolute atomic E-state index is 12.4. The highest BCUT2D eigenvalue weighted by Crippen LogP contribution is 2.20. The molecule has 1 unspecified atom stereocenters. The zero-order valence-corrected chi connectivity index (χ0v) is 11.0. The third-order valence-electron chi connectivity index (χ3n) is 3.41. The molecule has 1 amide bonds. The summed E-state index contributed by atoms with van der Waals surface area (Å²) >= 11 is 0. The average Bonchev–Trinajstić information content (AvgIpc) is 2.87. The number of carbonyl (C=O) groups is 1. The van der Waals surface area contributed by atoms with Crippen molar-refractivity contribution in [1.29, 1.82) is 0 Å². The molecule has 1 aliphatic rings. The summed E-state index contributed by atoms with van der Waals surface area (Å²) in [5.41, 5.74) is 0.735. The summed E-state index contributed by atoms with van der Waals surface area (Å²) in [5, 5.41) is 3.15. The fraction of sp³-hybridized carbons (Fsp3) is 0.500. The van der Waals surface area contributed by atoms with Crippen molar-refractivity contribution in [2.75, 3.05) is 27.2 Å². The maximum atomic E-state index is 12.4. The van der Waals surface area contributed by atoms with Crippen LogP contribution >= 0.6 is 0 Å². The number of amides is 1. The molecule has 0 bridgehead atoms. The molecule has 1 N–H and O–H groups in total. The Labute approximate surface area is 108 Å². The minimum Gasteiger partial charge on any atom is -0.497 e. The Morgan fingerprint density at radius 3 is 2.78 bits per heavy atom. The first kappa shape index (κ1) is 12.9. The van der Waals surface area contributed by atoms with Crippen LogP contribution in [0.2, 0.25) is 0 Å². The number of hydrogen-bond donors (Lipinski definition) is 1. The Kier molecular flexibility index (Phi) is 4.20. The van der Waals surface area contributed by atoms with Crippen molar-refractivity contribution in [2.45, 2.75) is 18.9 Å². The molecule has 0 aliphatic carbocycles. The van der Waals surface area contributed by atoms with Crippen LogP contribution in [0.3, 0.4) is 0 Å². The van der Waals surface area contributed by atoms with E-state index in [1.807, 2.05) is 36.2 Å². The van der Waals surface area contributed by atoms with Gasteiger partial charge in [-0.05, 0) is 44.2 Å². The molecule has 0 saturated carbocycles. The van der Waals surface area contributed by atoms with E-state index in [4.69, 9.17) is 4.74 Å². The number of rotatable bonds is 4. The van der Waals surface area contributed by atoms with Crippen LogP contribution in [0.5, 0.6) is 5.75 Å². The summed E-state index contributed by atoms with van der Waals surface area (Å²) in [4.78, 5) is 14.4. The van der Waals surface area contributed by atoms with Crippen molar-refractivity contribution < 1.29 is 9.53 Å². The number of ether oxygens (including phenoxy) is 1. The SMILES string of the molecule is CNCC1CCCN1C(=O)c1ccc(OC)cc1. The van der Waals surface area contributed by atoms with Gasteiger partial charge in [0.1, 0.15) is 5.75 Å². The van der Waals surface area contributed by atoms with Gasteiger partial charge in [0.2, 0.25) is 0 Å². The predicted molar refractivity (Wildman–Crippen MR) is 71.0 cm³/mol. The van der Waals surface area contributed by atoms with Gasteiger partial charge in [0.15, 0.2) is 0 Å². The van der Waals surface area contributed by atoms with Gasteiger partial charge in [0.05, 0.1) is 7.11 Å². The van der Waals surface area contributed by atoms with Crippen LogP contribution in [0.4, 0.5) is 0 Å². The van der Waals surface area contributed by atoms with Gasteiger partial charge >= 0.3 is 0 Å². The van der Waals surface area contributed by atoms with Gasteiger partial charge in [-0.15, -0.1) is 0 Å². The van der Waals surface area contributed by atoms with Gasteiger partial charge < -0.3 is 15.0 Å². The third-order valence-corrected chi connectivity index (χ3v) is 3.41. The van der Waals surface area contributed by atoms with E-state index in [1.54, 1.807) is 7.11 Å². The van der Waals surface area contributed by atoms with Crippen LogP contribution in [0.15, 0.2) is 24.3 Å². The molecule has 1 fully saturated rings. The van der Waals surface area contributed by atoms with Crippen molar-refractivity contribution in [3.05, 3.63) is 29.8 Å². The molecule has 1 aliphatic heterocycles. The molecule has 1 saturated heterocycles. The van der Waals surface area contributed by atoms with Crippen LogP contribution in [0.25, 0.3) is 0 Å². The van der Waals surface area contributed by atoms with Gasteiger partial charge in [0.25, 0.3) is 5.91 Å². The van der Waals surface area contributed by atoms with Gasteiger partial charge in [-0.25, -0.2) is 0 Å². The highest BCUT2D eigenvalue weighted by molar-refractivity contribution is 5.94. The number of likely N-dealkylation sites (tertiary alicyclic amines) is 1. The molecule has 0 spiro atoms. The van der Waals surface area contributed by atoms with Gasteiger partial charge in [0, 0.05) is 24.7 Å². The Balaban J connectivity index is 2.09. The minimum atomic E-state index is 0.121. The zero-order valence-electron chi connectivity index (χ0n) is 11.0. The van der Waals surface area contributed by atoms with Crippen molar-refractivity contribution in [3.8, 4) is 5.75 Å². The van der Waals surface area contributed by atoms with Crippen molar-refractivity contribution >= 4 is 5.91 Å². The van der Waals surface area contributed by atoms with Crippen molar-refractivity contribution in [2.24, 2.45) is 0 Å². The summed E-state index contributed by atoms with van der Waals surface area (Å²) in [6.45, 7) is 1.72. The highest BCUT2D eigenvalue weighted by Gasteiger charge is 2.28. The zero-order chi connectivity index (χ0) is 13.0. The van der Waals surface area contributed by atoms with Crippen LogP contribution in [-0.4, -0.2) is 44.1 Å². The van der Waals surface area contributed by atoms with Crippen molar-refractivity contribution in [3.63, 3.8) is 0 Å². The molecule has 4 nitrogen and oxygen atoms in total. The molecular formula is C14H20N2O2. The first-order chi connectivity index (χ1) is 8.76. The van der Waals surface area contributed by atoms with E-state index in [0.29, 0.717) is 6.04 Å².